The molecule has 0 saturated carbocycles. The first-order chi connectivity index (χ1) is 11.2. The number of nitrogens with zero attached hydrogens (tertiary/aromatic N) is 1. The third-order valence-corrected chi connectivity index (χ3v) is 4.02. The van der Waals surface area contributed by atoms with Crippen LogP contribution in [0.2, 0.25) is 0 Å². The summed E-state index contributed by atoms with van der Waals surface area (Å²) in [6, 6.07) is 5.27. The predicted octanol–water partition coefficient (Wildman–Crippen LogP) is 3.66. The molecule has 0 atom stereocenters. The van der Waals surface area contributed by atoms with Gasteiger partial charge in [-0.2, -0.15) is 0 Å². The molecule has 0 aromatic heterocycles. The fourth-order valence-corrected chi connectivity index (χ4v) is 2.50. The van der Waals surface area contributed by atoms with Crippen molar-refractivity contribution in [1.82, 2.24) is 0 Å². The summed E-state index contributed by atoms with van der Waals surface area (Å²) in [6.07, 6.45) is 0.334. The second kappa shape index (κ2) is 7.11. The molecule has 0 radical (unpaired) electrons. The van der Waals surface area contributed by atoms with Gasteiger partial charge in [0.15, 0.2) is 0 Å². The van der Waals surface area contributed by atoms with Crippen molar-refractivity contribution >= 4 is 23.4 Å². The van der Waals surface area contributed by atoms with Crippen LogP contribution in [0.25, 0.3) is 0 Å². The van der Waals surface area contributed by atoms with Gasteiger partial charge < -0.3 is 14.4 Å². The van der Waals surface area contributed by atoms with Gasteiger partial charge in [0.2, 0.25) is 5.91 Å². The van der Waals surface area contributed by atoms with Gasteiger partial charge >= 0.3 is 6.09 Å². The van der Waals surface area contributed by atoms with Crippen LogP contribution in [0.1, 0.15) is 34.1 Å². The lowest BCUT2D eigenvalue weighted by Crippen LogP contribution is -2.42. The van der Waals surface area contributed by atoms with Gasteiger partial charge in [0, 0.05) is 12.2 Å². The largest absolute Gasteiger partial charge is 0.490 e. The maximum atomic E-state index is 13.0. The zero-order valence-corrected chi connectivity index (χ0v) is 15.0. The summed E-state index contributed by atoms with van der Waals surface area (Å²) in [4.78, 5) is 26.2. The number of methoxy groups -OCH3 is 1. The van der Waals surface area contributed by atoms with Gasteiger partial charge in [-0.15, -0.1) is 0 Å². The second-order valence-corrected chi connectivity index (χ2v) is 7.11. The average Bonchev–Trinajstić information content (AvgIpc) is 2.61. The molecular formula is C18H26N2O4. The first-order valence-electron chi connectivity index (χ1n) is 8.18. The van der Waals surface area contributed by atoms with Gasteiger partial charge in [0.25, 0.3) is 0 Å². The maximum Gasteiger partial charge on any atom is 0.411 e. The molecule has 132 valence electrons. The Morgan fingerprint density at radius 2 is 2.12 bits per heavy atom. The van der Waals surface area contributed by atoms with E-state index in [1.807, 2.05) is 13.8 Å². The van der Waals surface area contributed by atoms with Crippen molar-refractivity contribution in [3.63, 3.8) is 0 Å². The minimum absolute atomic E-state index is 0.0251. The molecule has 1 N–H and O–H groups in total. The first-order valence-corrected chi connectivity index (χ1v) is 8.18. The molecule has 0 unspecified atom stereocenters. The lowest BCUT2D eigenvalue weighted by molar-refractivity contribution is -0.127. The van der Waals surface area contributed by atoms with E-state index in [0.29, 0.717) is 36.2 Å². The number of anilines is 2. The number of fused-ring (bicyclic) bond motifs is 1. The van der Waals surface area contributed by atoms with Gasteiger partial charge in [0.1, 0.15) is 12.4 Å². The van der Waals surface area contributed by atoms with Gasteiger partial charge in [-0.05, 0) is 44.4 Å². The number of carbonyl (C=O) groups excluding carboxylic acids is 2. The van der Waals surface area contributed by atoms with Crippen LogP contribution in [0, 0.1) is 11.3 Å². The molecule has 0 aliphatic carbocycles. The molecule has 2 rings (SSSR count). The summed E-state index contributed by atoms with van der Waals surface area (Å²) in [5.74, 6) is 1.15. The van der Waals surface area contributed by atoms with Crippen LogP contribution in [-0.4, -0.2) is 32.3 Å². The van der Waals surface area contributed by atoms with E-state index in [1.165, 1.54) is 7.11 Å². The zero-order valence-electron chi connectivity index (χ0n) is 15.0. The molecule has 0 spiro atoms. The Kier molecular flexibility index (Phi) is 5.36. The zero-order chi connectivity index (χ0) is 17.9. The van der Waals surface area contributed by atoms with Crippen LogP contribution in [0.15, 0.2) is 18.2 Å². The highest BCUT2D eigenvalue weighted by molar-refractivity contribution is 6.00. The van der Waals surface area contributed by atoms with Crippen molar-refractivity contribution in [2.75, 3.05) is 30.5 Å². The molecule has 1 heterocycles. The number of nitrogens with one attached hydrogen (secondary N) is 1. The maximum absolute atomic E-state index is 13.0. The number of rotatable bonds is 4. The van der Waals surface area contributed by atoms with E-state index < -0.39 is 11.5 Å². The number of hydrogen-bond donors (Lipinski definition) is 1. The number of benzene rings is 1. The summed E-state index contributed by atoms with van der Waals surface area (Å²) in [6.45, 7) is 8.95. The van der Waals surface area contributed by atoms with Gasteiger partial charge in [-0.3, -0.25) is 10.1 Å². The first kappa shape index (κ1) is 18.1. The predicted molar refractivity (Wildman–Crippen MR) is 93.6 cm³/mol. The molecule has 6 nitrogen and oxygen atoms in total. The Morgan fingerprint density at radius 3 is 2.75 bits per heavy atom. The van der Waals surface area contributed by atoms with E-state index in [4.69, 9.17) is 4.74 Å². The fourth-order valence-electron chi connectivity index (χ4n) is 2.50. The average molecular weight is 334 g/mol. The van der Waals surface area contributed by atoms with E-state index >= 15 is 0 Å². The Labute approximate surface area is 143 Å². The van der Waals surface area contributed by atoms with Crippen molar-refractivity contribution in [3.05, 3.63) is 18.2 Å². The Morgan fingerprint density at radius 1 is 1.42 bits per heavy atom. The van der Waals surface area contributed by atoms with E-state index in [1.54, 1.807) is 23.1 Å². The molecule has 1 aliphatic heterocycles. The summed E-state index contributed by atoms with van der Waals surface area (Å²) in [5, 5.41) is 2.63. The second-order valence-electron chi connectivity index (χ2n) is 7.11. The number of ether oxygens (including phenoxy) is 2. The molecule has 2 amide bonds. The van der Waals surface area contributed by atoms with E-state index in [2.05, 4.69) is 23.9 Å². The normalized spacial score (nSPS) is 16.2. The molecule has 0 saturated heterocycles. The summed E-state index contributed by atoms with van der Waals surface area (Å²) in [5.41, 5.74) is 0.637. The van der Waals surface area contributed by atoms with Crippen LogP contribution < -0.4 is 15.0 Å². The third-order valence-electron chi connectivity index (χ3n) is 4.02. The lowest BCUT2D eigenvalue weighted by Gasteiger charge is -2.28. The van der Waals surface area contributed by atoms with E-state index in [-0.39, 0.29) is 5.91 Å². The number of amides is 2. The van der Waals surface area contributed by atoms with Crippen LogP contribution >= 0.6 is 0 Å². The van der Waals surface area contributed by atoms with Crippen molar-refractivity contribution in [2.24, 2.45) is 11.3 Å². The molecule has 0 fully saturated rings. The quantitative estimate of drug-likeness (QED) is 0.912. The highest BCUT2D eigenvalue weighted by Gasteiger charge is 2.37. The molecule has 24 heavy (non-hydrogen) atoms. The Bertz CT molecular complexity index is 625. The molecule has 1 aromatic rings. The topological polar surface area (TPSA) is 67.9 Å². The molecule has 6 heteroatoms. The SMILES string of the molecule is COC(=O)Nc1ccc2c(c1)N(CCC(C)C)C(=O)C(C)(C)CO2. The molecule has 1 aliphatic rings. The van der Waals surface area contributed by atoms with Crippen molar-refractivity contribution in [3.8, 4) is 5.75 Å². The molecule has 0 bridgehead atoms. The highest BCUT2D eigenvalue weighted by Crippen LogP contribution is 2.38. The van der Waals surface area contributed by atoms with E-state index in [0.717, 1.165) is 6.42 Å². The van der Waals surface area contributed by atoms with Gasteiger partial charge in [0.05, 0.1) is 18.2 Å². The van der Waals surface area contributed by atoms with Crippen molar-refractivity contribution in [1.29, 1.82) is 0 Å². The molecule has 1 aromatic carbocycles. The summed E-state index contributed by atoms with van der Waals surface area (Å²) >= 11 is 0. The number of hydrogen-bond acceptors (Lipinski definition) is 4. The smallest absolute Gasteiger partial charge is 0.411 e. The summed E-state index contributed by atoms with van der Waals surface area (Å²) in [7, 11) is 1.31. The van der Waals surface area contributed by atoms with Gasteiger partial charge in [-0.25, -0.2) is 4.79 Å². The standard InChI is InChI=1S/C18H26N2O4/c1-12(2)8-9-20-14-10-13(19-17(22)23-5)6-7-15(14)24-11-18(3,4)16(20)21/h6-7,10,12H,8-9,11H2,1-5H3,(H,19,22). The third kappa shape index (κ3) is 3.99. The van der Waals surface area contributed by atoms with Crippen LogP contribution in [0.5, 0.6) is 5.75 Å². The van der Waals surface area contributed by atoms with Crippen LogP contribution in [0.4, 0.5) is 16.2 Å². The molecular weight excluding hydrogens is 308 g/mol. The summed E-state index contributed by atoms with van der Waals surface area (Å²) < 4.78 is 10.5. The van der Waals surface area contributed by atoms with Crippen molar-refractivity contribution in [2.45, 2.75) is 34.1 Å². The minimum Gasteiger partial charge on any atom is -0.490 e. The Hall–Kier alpha value is -2.24. The lowest BCUT2D eigenvalue weighted by atomic mass is 9.92. The number of carbonyl (C=O) groups is 2. The minimum atomic E-state index is -0.605. The van der Waals surface area contributed by atoms with E-state index in [9.17, 15) is 9.59 Å². The van der Waals surface area contributed by atoms with Crippen LogP contribution in [0.3, 0.4) is 0 Å². The van der Waals surface area contributed by atoms with Crippen LogP contribution in [-0.2, 0) is 9.53 Å². The monoisotopic (exact) mass is 334 g/mol. The van der Waals surface area contributed by atoms with Gasteiger partial charge in [-0.1, -0.05) is 13.8 Å². The Balaban J connectivity index is 2.40. The highest BCUT2D eigenvalue weighted by atomic mass is 16.5. The fraction of sp³-hybridized carbons (Fsp3) is 0.556. The van der Waals surface area contributed by atoms with Crippen molar-refractivity contribution < 1.29 is 19.1 Å².